The second kappa shape index (κ2) is 5.11. The molecule has 0 fully saturated rings. The van der Waals surface area contributed by atoms with Crippen molar-refractivity contribution >= 4 is 0 Å². The van der Waals surface area contributed by atoms with E-state index < -0.39 is 0 Å². The van der Waals surface area contributed by atoms with E-state index in [1.54, 1.807) is 10.9 Å². The summed E-state index contributed by atoms with van der Waals surface area (Å²) in [5.74, 6) is 0. The topological polar surface area (TPSA) is 52.0 Å². The van der Waals surface area contributed by atoms with Crippen molar-refractivity contribution in [3.8, 4) is 0 Å². The number of benzene rings is 1. The van der Waals surface area contributed by atoms with E-state index in [1.807, 2.05) is 14.1 Å². The van der Waals surface area contributed by atoms with Gasteiger partial charge in [-0.3, -0.25) is 4.68 Å². The van der Waals surface area contributed by atoms with Gasteiger partial charge < -0.3 is 10.1 Å². The first kappa shape index (κ1) is 12.3. The molecule has 2 unspecified atom stereocenters. The molecular formula is C14H18N4O. The first-order valence-electron chi connectivity index (χ1n) is 6.52. The van der Waals surface area contributed by atoms with E-state index in [0.717, 1.165) is 18.7 Å². The number of aryl methyl sites for hydroxylation is 1. The van der Waals surface area contributed by atoms with Crippen molar-refractivity contribution in [3.63, 3.8) is 0 Å². The molecule has 5 heteroatoms. The molecule has 0 amide bonds. The van der Waals surface area contributed by atoms with Crippen LogP contribution in [0.15, 0.2) is 30.5 Å². The summed E-state index contributed by atoms with van der Waals surface area (Å²) in [6, 6.07) is 8.53. The van der Waals surface area contributed by atoms with Crippen LogP contribution < -0.4 is 5.32 Å². The van der Waals surface area contributed by atoms with E-state index >= 15 is 0 Å². The van der Waals surface area contributed by atoms with E-state index in [2.05, 4.69) is 39.9 Å². The Hall–Kier alpha value is -1.72. The summed E-state index contributed by atoms with van der Waals surface area (Å²) in [5.41, 5.74) is 3.66. The van der Waals surface area contributed by atoms with Gasteiger partial charge in [-0.1, -0.05) is 29.5 Å². The fourth-order valence-electron chi connectivity index (χ4n) is 2.73. The molecular weight excluding hydrogens is 240 g/mol. The average Bonchev–Trinajstić information content (AvgIpc) is 2.86. The molecule has 1 aliphatic rings. The average molecular weight is 258 g/mol. The van der Waals surface area contributed by atoms with Crippen LogP contribution in [0.25, 0.3) is 0 Å². The van der Waals surface area contributed by atoms with Crippen molar-refractivity contribution in [2.24, 2.45) is 7.05 Å². The molecule has 2 aromatic rings. The van der Waals surface area contributed by atoms with Crippen molar-refractivity contribution in [2.45, 2.75) is 18.6 Å². The Kier molecular flexibility index (Phi) is 3.31. The van der Waals surface area contributed by atoms with Crippen molar-refractivity contribution in [1.29, 1.82) is 0 Å². The second-order valence-electron chi connectivity index (χ2n) is 4.79. The Balaban J connectivity index is 2.00. The third-order valence-corrected chi connectivity index (χ3v) is 3.71. The highest BCUT2D eigenvalue weighted by Gasteiger charge is 2.30. The zero-order valence-electron chi connectivity index (χ0n) is 11.2. The van der Waals surface area contributed by atoms with Gasteiger partial charge in [-0.25, -0.2) is 0 Å². The minimum atomic E-state index is 0.00662. The number of nitrogens with one attached hydrogen (secondary N) is 1. The maximum atomic E-state index is 6.00. The number of rotatable bonds is 3. The number of fused-ring (bicyclic) bond motifs is 1. The van der Waals surface area contributed by atoms with Gasteiger partial charge in [0, 0.05) is 7.05 Å². The fraction of sp³-hybridized carbons (Fsp3) is 0.429. The maximum Gasteiger partial charge on any atom is 0.104 e. The Morgan fingerprint density at radius 2 is 2.26 bits per heavy atom. The molecule has 19 heavy (non-hydrogen) atoms. The smallest absolute Gasteiger partial charge is 0.104 e. The molecule has 1 aromatic carbocycles. The minimum absolute atomic E-state index is 0.00662. The van der Waals surface area contributed by atoms with Crippen molar-refractivity contribution < 1.29 is 4.74 Å². The molecule has 0 aliphatic carbocycles. The van der Waals surface area contributed by atoms with Crippen LogP contribution in [0.1, 0.15) is 29.0 Å². The fourth-order valence-corrected chi connectivity index (χ4v) is 2.73. The zero-order valence-corrected chi connectivity index (χ0v) is 11.2. The second-order valence-corrected chi connectivity index (χ2v) is 4.79. The van der Waals surface area contributed by atoms with Crippen molar-refractivity contribution in [3.05, 3.63) is 47.3 Å². The van der Waals surface area contributed by atoms with Crippen LogP contribution >= 0.6 is 0 Å². The molecule has 0 radical (unpaired) electrons. The first-order valence-corrected chi connectivity index (χ1v) is 6.52. The molecule has 0 spiro atoms. The summed E-state index contributed by atoms with van der Waals surface area (Å²) < 4.78 is 7.80. The maximum absolute atomic E-state index is 6.00. The van der Waals surface area contributed by atoms with Crippen molar-refractivity contribution in [2.75, 3.05) is 13.7 Å². The summed E-state index contributed by atoms with van der Waals surface area (Å²) in [5, 5.41) is 11.3. The lowest BCUT2D eigenvalue weighted by atomic mass is 9.92. The number of aromatic nitrogens is 3. The van der Waals surface area contributed by atoms with Crippen molar-refractivity contribution in [1.82, 2.24) is 20.3 Å². The number of nitrogens with zero attached hydrogens (tertiary/aromatic N) is 3. The summed E-state index contributed by atoms with van der Waals surface area (Å²) in [7, 11) is 3.85. The van der Waals surface area contributed by atoms with Gasteiger partial charge in [0.2, 0.25) is 0 Å². The van der Waals surface area contributed by atoms with Crippen LogP contribution in [0, 0.1) is 0 Å². The van der Waals surface area contributed by atoms with Crippen LogP contribution in [-0.2, 0) is 18.2 Å². The monoisotopic (exact) mass is 258 g/mol. The van der Waals surface area contributed by atoms with Gasteiger partial charge in [0.1, 0.15) is 6.10 Å². The van der Waals surface area contributed by atoms with Gasteiger partial charge >= 0.3 is 0 Å². The molecule has 100 valence electrons. The minimum Gasteiger partial charge on any atom is -0.371 e. The molecule has 2 atom stereocenters. The highest BCUT2D eigenvalue weighted by atomic mass is 16.5. The molecule has 2 heterocycles. The molecule has 0 bridgehead atoms. The molecule has 5 nitrogen and oxygen atoms in total. The Bertz CT molecular complexity index is 566. The lowest BCUT2D eigenvalue weighted by Crippen LogP contribution is -2.31. The highest BCUT2D eigenvalue weighted by molar-refractivity contribution is 5.33. The van der Waals surface area contributed by atoms with Gasteiger partial charge in [0.25, 0.3) is 0 Å². The third-order valence-electron chi connectivity index (χ3n) is 3.71. The Labute approximate surface area is 112 Å². The van der Waals surface area contributed by atoms with E-state index in [-0.39, 0.29) is 12.1 Å². The van der Waals surface area contributed by atoms with E-state index in [1.165, 1.54) is 11.1 Å². The summed E-state index contributed by atoms with van der Waals surface area (Å²) in [4.78, 5) is 0. The van der Waals surface area contributed by atoms with E-state index in [9.17, 15) is 0 Å². The molecule has 1 aliphatic heterocycles. The molecule has 1 aromatic heterocycles. The molecule has 3 rings (SSSR count). The number of hydrogen-bond acceptors (Lipinski definition) is 4. The van der Waals surface area contributed by atoms with Crippen LogP contribution in [-0.4, -0.2) is 28.6 Å². The van der Waals surface area contributed by atoms with E-state index in [0.29, 0.717) is 0 Å². The predicted octanol–water partition coefficient (Wildman–Crippen LogP) is 1.39. The van der Waals surface area contributed by atoms with Crippen LogP contribution in [0.4, 0.5) is 0 Å². The number of hydrogen-bond donors (Lipinski definition) is 1. The predicted molar refractivity (Wildman–Crippen MR) is 71.6 cm³/mol. The normalized spacial score (nSPS) is 20.0. The third kappa shape index (κ3) is 2.15. The zero-order chi connectivity index (χ0) is 13.2. The van der Waals surface area contributed by atoms with Crippen LogP contribution in [0.5, 0.6) is 0 Å². The highest BCUT2D eigenvalue weighted by Crippen LogP contribution is 2.36. The Morgan fingerprint density at radius 3 is 3.00 bits per heavy atom. The van der Waals surface area contributed by atoms with Gasteiger partial charge in [-0.15, -0.1) is 5.10 Å². The van der Waals surface area contributed by atoms with E-state index in [4.69, 9.17) is 4.74 Å². The van der Waals surface area contributed by atoms with Gasteiger partial charge in [-0.05, 0) is 24.6 Å². The molecule has 0 saturated heterocycles. The number of ether oxygens (including phenoxy) is 1. The summed E-state index contributed by atoms with van der Waals surface area (Å²) >= 11 is 0. The lowest BCUT2D eigenvalue weighted by molar-refractivity contribution is 0.0147. The van der Waals surface area contributed by atoms with Crippen LogP contribution in [0.3, 0.4) is 0 Å². The molecule has 0 saturated carbocycles. The largest absolute Gasteiger partial charge is 0.371 e. The number of likely N-dealkylation sites (N-methyl/N-ethyl adjacent to an activating group) is 1. The van der Waals surface area contributed by atoms with Crippen LogP contribution in [0.2, 0.25) is 0 Å². The lowest BCUT2D eigenvalue weighted by Gasteiger charge is -2.32. The SMILES string of the molecule is CNC(c1cnnn1C)C1OCCc2ccccc21. The van der Waals surface area contributed by atoms with Gasteiger partial charge in [-0.2, -0.15) is 0 Å². The standard InChI is InChI=1S/C14H18N4O/c1-15-13(12-9-16-17-18(12)2)14-11-6-4-3-5-10(11)7-8-19-14/h3-6,9,13-15H,7-8H2,1-2H3. The summed E-state index contributed by atoms with van der Waals surface area (Å²) in [6.45, 7) is 0.755. The summed E-state index contributed by atoms with van der Waals surface area (Å²) in [6.07, 6.45) is 2.78. The van der Waals surface area contributed by atoms with Gasteiger partial charge in [0.05, 0.1) is 24.5 Å². The van der Waals surface area contributed by atoms with Gasteiger partial charge in [0.15, 0.2) is 0 Å². The first-order chi connectivity index (χ1) is 9.31. The Morgan fingerprint density at radius 1 is 1.42 bits per heavy atom. The quantitative estimate of drug-likeness (QED) is 0.904. The molecule has 1 N–H and O–H groups in total.